The average Bonchev–Trinajstić information content (AvgIpc) is 3.22. The molecule has 1 amide bonds. The van der Waals surface area contributed by atoms with Crippen LogP contribution < -0.4 is 10.6 Å². The van der Waals surface area contributed by atoms with E-state index in [4.69, 9.17) is 9.47 Å². The Morgan fingerprint density at radius 2 is 1.18 bits per heavy atom. The Bertz CT molecular complexity index is 1160. The van der Waals surface area contributed by atoms with E-state index in [0.29, 0.717) is 13.0 Å². The molecule has 8 heteroatoms. The zero-order chi connectivity index (χ0) is 27.2. The van der Waals surface area contributed by atoms with Crippen LogP contribution in [0, 0.1) is 0 Å². The molecule has 4 unspecified atom stereocenters. The van der Waals surface area contributed by atoms with Crippen LogP contribution in [0.25, 0.3) is 0 Å². The summed E-state index contributed by atoms with van der Waals surface area (Å²) in [6.45, 7) is 4.01. The predicted octanol–water partition coefficient (Wildman–Crippen LogP) is 5.20. The molecule has 1 saturated heterocycles. The maximum absolute atomic E-state index is 13.3. The van der Waals surface area contributed by atoms with E-state index in [1.165, 1.54) is 0 Å². The van der Waals surface area contributed by atoms with Crippen LogP contribution in [0.3, 0.4) is 0 Å². The van der Waals surface area contributed by atoms with Gasteiger partial charge in [-0.15, -0.1) is 0 Å². The Morgan fingerprint density at radius 1 is 0.763 bits per heavy atom. The van der Waals surface area contributed by atoms with E-state index in [2.05, 4.69) is 10.6 Å². The summed E-state index contributed by atoms with van der Waals surface area (Å²) >= 11 is 0. The zero-order valence-electron chi connectivity index (χ0n) is 21.4. The van der Waals surface area contributed by atoms with Gasteiger partial charge >= 0.3 is 12.1 Å². The van der Waals surface area contributed by atoms with Crippen LogP contribution >= 0.6 is 0 Å². The topological polar surface area (TPSA) is 59.6 Å². The SMILES string of the molecule is CC1(C)OC(C(Cc2ccccc2)NCc2ccccc2)C(C(Cc2ccccc2)NC(=O)C(F)(F)F)O1. The monoisotopic (exact) mass is 526 g/mol. The standard InChI is InChI=1S/C30H33F3N2O3/c1-29(2)37-26(24(18-21-12-6-3-7-13-21)34-20-23-16-10-5-11-17-23)27(38-29)25(35-28(36)30(31,32)33)19-22-14-8-4-9-15-22/h3-17,24-27,34H,18-20H2,1-2H3,(H,35,36). The van der Waals surface area contributed by atoms with Crippen molar-refractivity contribution < 1.29 is 27.4 Å². The van der Waals surface area contributed by atoms with Crippen molar-refractivity contribution in [2.75, 3.05) is 0 Å². The Hall–Kier alpha value is -3.20. The molecule has 4 rings (SSSR count). The van der Waals surface area contributed by atoms with Crippen LogP contribution in [0.15, 0.2) is 91.0 Å². The molecular weight excluding hydrogens is 493 g/mol. The number of carbonyl (C=O) groups excluding carboxylic acids is 1. The summed E-state index contributed by atoms with van der Waals surface area (Å²) in [7, 11) is 0. The van der Waals surface area contributed by atoms with Crippen LogP contribution in [0.1, 0.15) is 30.5 Å². The molecule has 1 heterocycles. The van der Waals surface area contributed by atoms with Crippen LogP contribution in [-0.2, 0) is 33.7 Å². The first-order valence-electron chi connectivity index (χ1n) is 12.7. The number of amides is 1. The molecule has 0 saturated carbocycles. The fourth-order valence-electron chi connectivity index (χ4n) is 4.82. The first-order valence-corrected chi connectivity index (χ1v) is 12.7. The maximum atomic E-state index is 13.3. The second-order valence-corrected chi connectivity index (χ2v) is 9.99. The fraction of sp³-hybridized carbons (Fsp3) is 0.367. The zero-order valence-corrected chi connectivity index (χ0v) is 21.4. The number of ether oxygens (including phenoxy) is 2. The van der Waals surface area contributed by atoms with Crippen molar-refractivity contribution in [2.45, 2.75) is 69.5 Å². The summed E-state index contributed by atoms with van der Waals surface area (Å²) in [6, 6.07) is 27.5. The highest BCUT2D eigenvalue weighted by Gasteiger charge is 2.50. The number of alkyl halides is 3. The van der Waals surface area contributed by atoms with Crippen molar-refractivity contribution in [1.29, 1.82) is 0 Å². The van der Waals surface area contributed by atoms with Gasteiger partial charge in [-0.25, -0.2) is 0 Å². The summed E-state index contributed by atoms with van der Waals surface area (Å²) in [5.41, 5.74) is 2.89. The lowest BCUT2D eigenvalue weighted by Gasteiger charge is -2.33. The number of hydrogen-bond donors (Lipinski definition) is 2. The van der Waals surface area contributed by atoms with E-state index < -0.39 is 36.1 Å². The summed E-state index contributed by atoms with van der Waals surface area (Å²) in [5.74, 6) is -3.06. The van der Waals surface area contributed by atoms with E-state index >= 15 is 0 Å². The van der Waals surface area contributed by atoms with Gasteiger partial charge in [0.1, 0.15) is 12.2 Å². The lowest BCUT2D eigenvalue weighted by molar-refractivity contribution is -0.176. The van der Waals surface area contributed by atoms with E-state index in [0.717, 1.165) is 16.7 Å². The van der Waals surface area contributed by atoms with Crippen molar-refractivity contribution in [3.63, 3.8) is 0 Å². The van der Waals surface area contributed by atoms with E-state index in [-0.39, 0.29) is 12.5 Å². The van der Waals surface area contributed by atoms with Gasteiger partial charge in [0.15, 0.2) is 5.79 Å². The van der Waals surface area contributed by atoms with Gasteiger partial charge < -0.3 is 20.1 Å². The van der Waals surface area contributed by atoms with Crippen molar-refractivity contribution in [2.24, 2.45) is 0 Å². The highest BCUT2D eigenvalue weighted by Crippen LogP contribution is 2.34. The van der Waals surface area contributed by atoms with Crippen LogP contribution in [-0.4, -0.2) is 42.2 Å². The molecular formula is C30H33F3N2O3. The van der Waals surface area contributed by atoms with Gasteiger partial charge in [0.2, 0.25) is 0 Å². The molecule has 3 aromatic carbocycles. The molecule has 202 valence electrons. The number of hydrogen-bond acceptors (Lipinski definition) is 4. The summed E-state index contributed by atoms with van der Waals surface area (Å²) in [6.07, 6.45) is -5.79. The first-order chi connectivity index (χ1) is 18.1. The van der Waals surface area contributed by atoms with E-state index in [1.54, 1.807) is 13.8 Å². The molecule has 0 bridgehead atoms. The fourth-order valence-corrected chi connectivity index (χ4v) is 4.82. The van der Waals surface area contributed by atoms with Gasteiger partial charge in [0.25, 0.3) is 0 Å². The molecule has 0 aliphatic carbocycles. The second-order valence-electron chi connectivity index (χ2n) is 9.99. The van der Waals surface area contributed by atoms with Crippen LogP contribution in [0.5, 0.6) is 0 Å². The number of carbonyl (C=O) groups is 1. The largest absolute Gasteiger partial charge is 0.471 e. The van der Waals surface area contributed by atoms with Gasteiger partial charge in [-0.2, -0.15) is 13.2 Å². The molecule has 4 atom stereocenters. The smallest absolute Gasteiger partial charge is 0.343 e. The Morgan fingerprint density at radius 3 is 1.66 bits per heavy atom. The van der Waals surface area contributed by atoms with Crippen molar-refractivity contribution in [3.8, 4) is 0 Å². The number of rotatable bonds is 10. The number of halogens is 3. The van der Waals surface area contributed by atoms with Crippen molar-refractivity contribution in [3.05, 3.63) is 108 Å². The summed E-state index contributed by atoms with van der Waals surface area (Å²) in [5, 5.41) is 5.77. The van der Waals surface area contributed by atoms with Crippen molar-refractivity contribution in [1.82, 2.24) is 10.6 Å². The summed E-state index contributed by atoms with van der Waals surface area (Å²) < 4.78 is 52.6. The van der Waals surface area contributed by atoms with Crippen LogP contribution in [0.2, 0.25) is 0 Å². The molecule has 0 radical (unpaired) electrons. The Labute approximate surface area is 221 Å². The lowest BCUT2D eigenvalue weighted by atomic mass is 9.91. The minimum Gasteiger partial charge on any atom is -0.343 e. The molecule has 38 heavy (non-hydrogen) atoms. The number of benzene rings is 3. The van der Waals surface area contributed by atoms with Gasteiger partial charge in [0, 0.05) is 12.6 Å². The molecule has 0 aromatic heterocycles. The third-order valence-corrected chi connectivity index (χ3v) is 6.54. The van der Waals surface area contributed by atoms with Crippen molar-refractivity contribution >= 4 is 5.91 Å². The minimum atomic E-state index is -5.02. The van der Waals surface area contributed by atoms with Gasteiger partial charge in [0.05, 0.1) is 6.04 Å². The highest BCUT2D eigenvalue weighted by molar-refractivity contribution is 5.82. The maximum Gasteiger partial charge on any atom is 0.471 e. The third-order valence-electron chi connectivity index (χ3n) is 6.54. The molecule has 5 nitrogen and oxygen atoms in total. The molecule has 3 aromatic rings. The minimum absolute atomic E-state index is 0.153. The van der Waals surface area contributed by atoms with Crippen LogP contribution in [0.4, 0.5) is 13.2 Å². The quantitative estimate of drug-likeness (QED) is 0.382. The van der Waals surface area contributed by atoms with Gasteiger partial charge in [-0.3, -0.25) is 4.79 Å². The Balaban J connectivity index is 1.66. The second kappa shape index (κ2) is 12.1. The first kappa shape index (κ1) is 27.8. The lowest BCUT2D eigenvalue weighted by Crippen LogP contribution is -2.56. The molecule has 1 aliphatic heterocycles. The third kappa shape index (κ3) is 7.66. The average molecular weight is 527 g/mol. The molecule has 1 fully saturated rings. The molecule has 1 aliphatic rings. The van der Waals surface area contributed by atoms with Gasteiger partial charge in [-0.05, 0) is 43.4 Å². The van der Waals surface area contributed by atoms with E-state index in [1.807, 2.05) is 91.0 Å². The highest BCUT2D eigenvalue weighted by atomic mass is 19.4. The van der Waals surface area contributed by atoms with Gasteiger partial charge in [-0.1, -0.05) is 91.0 Å². The summed E-state index contributed by atoms with van der Waals surface area (Å²) in [4.78, 5) is 12.1. The van der Waals surface area contributed by atoms with E-state index in [9.17, 15) is 18.0 Å². The number of nitrogens with one attached hydrogen (secondary N) is 2. The molecule has 0 spiro atoms. The Kier molecular flexibility index (Phi) is 8.87. The normalized spacial score (nSPS) is 20.6. The molecule has 2 N–H and O–H groups in total. The predicted molar refractivity (Wildman–Crippen MR) is 139 cm³/mol.